The largest absolute Gasteiger partial charge is 0.513 e. The van der Waals surface area contributed by atoms with Gasteiger partial charge in [0.25, 0.3) is 0 Å². The van der Waals surface area contributed by atoms with Crippen LogP contribution in [0.5, 0.6) is 11.5 Å². The first kappa shape index (κ1) is 27.5. The number of hydrogen-bond donors (Lipinski definition) is 2. The Bertz CT molecular complexity index is 1340. The van der Waals surface area contributed by atoms with Crippen molar-refractivity contribution < 1.29 is 24.1 Å². The maximum atomic E-state index is 14.9. The third kappa shape index (κ3) is 5.48. The van der Waals surface area contributed by atoms with Crippen LogP contribution in [0.4, 0.5) is 4.39 Å². The van der Waals surface area contributed by atoms with E-state index in [9.17, 15) is 14.6 Å². The Kier molecular flexibility index (Phi) is 7.98. The summed E-state index contributed by atoms with van der Waals surface area (Å²) in [6, 6.07) is 16.3. The second kappa shape index (κ2) is 11.0. The fraction of sp³-hybridized carbons (Fsp3) is 0.333. The summed E-state index contributed by atoms with van der Waals surface area (Å²) >= 11 is 0. The van der Waals surface area contributed by atoms with Crippen molar-refractivity contribution in [1.82, 2.24) is 0 Å². The Hall–Kier alpha value is -3.57. The number of aryl methyl sites for hydroxylation is 1. The monoisotopic (exact) mass is 516 g/mol. The highest BCUT2D eigenvalue weighted by Crippen LogP contribution is 2.43. The van der Waals surface area contributed by atoms with E-state index in [1.165, 1.54) is 24.3 Å². The van der Waals surface area contributed by atoms with E-state index in [1.54, 1.807) is 18.2 Å². The molecule has 0 saturated carbocycles. The lowest BCUT2D eigenvalue weighted by atomic mass is 9.79. The molecule has 0 bridgehead atoms. The van der Waals surface area contributed by atoms with Crippen molar-refractivity contribution in [2.45, 2.75) is 52.2 Å². The minimum absolute atomic E-state index is 0.0201. The zero-order chi connectivity index (χ0) is 27.6. The van der Waals surface area contributed by atoms with Crippen LogP contribution >= 0.6 is 0 Å². The van der Waals surface area contributed by atoms with Gasteiger partial charge < -0.3 is 19.7 Å². The highest BCUT2D eigenvalue weighted by atomic mass is 19.1. The normalized spacial score (nSPS) is 16.4. The molecule has 0 aromatic heterocycles. The maximum absolute atomic E-state index is 14.9. The van der Waals surface area contributed by atoms with Crippen molar-refractivity contribution in [3.63, 3.8) is 0 Å². The van der Waals surface area contributed by atoms with Crippen LogP contribution in [-0.4, -0.2) is 17.3 Å². The summed E-state index contributed by atoms with van der Waals surface area (Å²) in [5, 5.41) is 21.3. The van der Waals surface area contributed by atoms with Crippen LogP contribution in [-0.2, 0) is 13.0 Å². The van der Waals surface area contributed by atoms with Gasteiger partial charge in [-0.3, -0.25) is 0 Å². The van der Waals surface area contributed by atoms with Gasteiger partial charge in [-0.1, -0.05) is 51.6 Å². The zero-order valence-electron chi connectivity index (χ0n) is 22.6. The van der Waals surface area contributed by atoms with Crippen molar-refractivity contribution in [3.05, 3.63) is 108 Å². The number of hydrogen-bond acceptors (Lipinski definition) is 4. The molecule has 0 heterocycles. The molecule has 4 nitrogen and oxygen atoms in total. The molecule has 1 aliphatic carbocycles. The second-order valence-electron chi connectivity index (χ2n) is 10.8. The van der Waals surface area contributed by atoms with E-state index in [0.29, 0.717) is 22.4 Å². The van der Waals surface area contributed by atoms with Crippen LogP contribution in [0.15, 0.2) is 79.6 Å². The summed E-state index contributed by atoms with van der Waals surface area (Å²) in [7, 11) is 1.54. The van der Waals surface area contributed by atoms with E-state index in [-0.39, 0.29) is 24.2 Å². The minimum Gasteiger partial charge on any atom is -0.513 e. The van der Waals surface area contributed by atoms with Crippen molar-refractivity contribution in [3.8, 4) is 22.6 Å². The van der Waals surface area contributed by atoms with Crippen LogP contribution in [0.2, 0.25) is 0 Å². The molecule has 3 aromatic carbocycles. The molecule has 38 heavy (non-hydrogen) atoms. The van der Waals surface area contributed by atoms with Gasteiger partial charge in [-0.25, -0.2) is 4.39 Å². The van der Waals surface area contributed by atoms with Gasteiger partial charge in [0, 0.05) is 16.9 Å². The van der Waals surface area contributed by atoms with Crippen molar-refractivity contribution in [2.75, 3.05) is 7.11 Å². The van der Waals surface area contributed by atoms with E-state index in [2.05, 4.69) is 25.3 Å². The number of rotatable bonds is 10. The Morgan fingerprint density at radius 1 is 1.11 bits per heavy atom. The molecular formula is C33H37FO4. The number of benzene rings is 3. The van der Waals surface area contributed by atoms with Crippen LogP contribution in [0, 0.1) is 17.2 Å². The molecule has 5 heteroatoms. The second-order valence-corrected chi connectivity index (χ2v) is 10.8. The number of aliphatic hydroxyl groups excluding tert-OH is 2. The van der Waals surface area contributed by atoms with Crippen LogP contribution in [0.25, 0.3) is 11.1 Å². The predicted molar refractivity (Wildman–Crippen MR) is 150 cm³/mol. The standard InChI is InChI=1S/C33H37FO4/c1-7-33(4,5)32(36)30-16-22(8-13-27(30)29-17-24(37-6)12-15-31(29)34)19-38-25-11-9-23-10-14-26(28(23)18-25)20(2)21(3)35/h7-9,11-13,15-18,20,26,32,35-36H,1,3,10,14,19H2,2,4-6H3/t20-,26-,32-/m0/s1. The number of halogens is 1. The number of methoxy groups -OCH3 is 1. The number of allylic oxidation sites excluding steroid dienone is 1. The average molecular weight is 517 g/mol. The molecular weight excluding hydrogens is 479 g/mol. The van der Waals surface area contributed by atoms with Gasteiger partial charge in [0.05, 0.1) is 19.0 Å². The molecule has 0 fully saturated rings. The van der Waals surface area contributed by atoms with E-state index in [1.807, 2.05) is 45.0 Å². The molecule has 200 valence electrons. The van der Waals surface area contributed by atoms with E-state index < -0.39 is 17.3 Å². The van der Waals surface area contributed by atoms with Crippen molar-refractivity contribution >= 4 is 0 Å². The van der Waals surface area contributed by atoms with Gasteiger partial charge in [0.1, 0.15) is 23.9 Å². The molecule has 0 saturated heterocycles. The van der Waals surface area contributed by atoms with Gasteiger partial charge in [0.2, 0.25) is 0 Å². The third-order valence-electron chi connectivity index (χ3n) is 7.88. The molecule has 1 aliphatic rings. The molecule has 0 unspecified atom stereocenters. The summed E-state index contributed by atoms with van der Waals surface area (Å²) < 4.78 is 26.4. The minimum atomic E-state index is -0.922. The molecule has 0 spiro atoms. The van der Waals surface area contributed by atoms with Crippen LogP contribution in [0.1, 0.15) is 61.5 Å². The van der Waals surface area contributed by atoms with E-state index in [0.717, 1.165) is 24.2 Å². The third-order valence-corrected chi connectivity index (χ3v) is 7.88. The summed E-state index contributed by atoms with van der Waals surface area (Å²) in [6.07, 6.45) is 2.73. The van der Waals surface area contributed by atoms with Crippen molar-refractivity contribution in [1.29, 1.82) is 0 Å². The van der Waals surface area contributed by atoms with Gasteiger partial charge in [0.15, 0.2) is 0 Å². The van der Waals surface area contributed by atoms with Gasteiger partial charge in [-0.2, -0.15) is 0 Å². The highest BCUT2D eigenvalue weighted by Gasteiger charge is 2.30. The first-order chi connectivity index (χ1) is 18.1. The van der Waals surface area contributed by atoms with E-state index in [4.69, 9.17) is 9.47 Å². The molecule has 0 aliphatic heterocycles. The number of fused-ring (bicyclic) bond motifs is 1. The maximum Gasteiger partial charge on any atom is 0.131 e. The molecule has 3 atom stereocenters. The lowest BCUT2D eigenvalue weighted by Gasteiger charge is -2.29. The van der Waals surface area contributed by atoms with Crippen LogP contribution < -0.4 is 9.47 Å². The fourth-order valence-electron chi connectivity index (χ4n) is 5.14. The fourth-order valence-corrected chi connectivity index (χ4v) is 5.14. The SMILES string of the molecule is C=CC(C)(C)[C@@H](O)c1cc(COc2ccc3c(c2)[C@H]([C@@H](C)C(=C)O)CC3)ccc1-c1cc(OC)ccc1F. The summed E-state index contributed by atoms with van der Waals surface area (Å²) in [5.41, 5.74) is 4.20. The smallest absolute Gasteiger partial charge is 0.131 e. The van der Waals surface area contributed by atoms with Crippen molar-refractivity contribution in [2.24, 2.45) is 11.3 Å². The zero-order valence-corrected chi connectivity index (χ0v) is 22.6. The summed E-state index contributed by atoms with van der Waals surface area (Å²) in [4.78, 5) is 0. The average Bonchev–Trinajstić information content (AvgIpc) is 3.34. The summed E-state index contributed by atoms with van der Waals surface area (Å²) in [5.74, 6) is 1.27. The molecule has 0 amide bonds. The molecule has 0 radical (unpaired) electrons. The Morgan fingerprint density at radius 3 is 2.53 bits per heavy atom. The Morgan fingerprint density at radius 2 is 1.84 bits per heavy atom. The highest BCUT2D eigenvalue weighted by molar-refractivity contribution is 5.70. The topological polar surface area (TPSA) is 58.9 Å². The Labute approximate surface area is 225 Å². The van der Waals surface area contributed by atoms with Gasteiger partial charge >= 0.3 is 0 Å². The van der Waals surface area contributed by atoms with E-state index >= 15 is 0 Å². The lowest BCUT2D eigenvalue weighted by molar-refractivity contribution is 0.0825. The van der Waals surface area contributed by atoms with Crippen LogP contribution in [0.3, 0.4) is 0 Å². The molecule has 4 rings (SSSR count). The number of aliphatic hydroxyl groups is 2. The lowest BCUT2D eigenvalue weighted by Crippen LogP contribution is -2.20. The predicted octanol–water partition coefficient (Wildman–Crippen LogP) is 8.06. The Balaban J connectivity index is 1.65. The van der Waals surface area contributed by atoms with Gasteiger partial charge in [-0.15, -0.1) is 6.58 Å². The molecule has 2 N–H and O–H groups in total. The number of ether oxygens (including phenoxy) is 2. The summed E-state index contributed by atoms with van der Waals surface area (Å²) in [6.45, 7) is 13.7. The molecule has 3 aromatic rings. The van der Waals surface area contributed by atoms with Gasteiger partial charge in [-0.05, 0) is 83.0 Å². The first-order valence-corrected chi connectivity index (χ1v) is 13.0. The quantitative estimate of drug-likeness (QED) is 0.211. The first-order valence-electron chi connectivity index (χ1n) is 13.0.